The van der Waals surface area contributed by atoms with Crippen LogP contribution in [0.15, 0.2) is 90.5 Å². The highest BCUT2D eigenvalue weighted by Gasteiger charge is 2.77. The van der Waals surface area contributed by atoms with E-state index in [0.29, 0.717) is 13.1 Å². The van der Waals surface area contributed by atoms with Crippen molar-refractivity contribution in [2.75, 3.05) is 40.9 Å². The fourth-order valence-electron chi connectivity index (χ4n) is 9.46. The third-order valence-electron chi connectivity index (χ3n) is 11.0. The maximum atomic E-state index is 15.7. The Bertz CT molecular complexity index is 1860. The molecule has 3 saturated heterocycles. The summed E-state index contributed by atoms with van der Waals surface area (Å²) in [6, 6.07) is 28.5. The summed E-state index contributed by atoms with van der Waals surface area (Å²) in [5.74, 6) is 1.53. The highest BCUT2D eigenvalue weighted by molar-refractivity contribution is 6.24. The van der Waals surface area contributed by atoms with E-state index in [2.05, 4.69) is 53.2 Å². The molecule has 6 nitrogen and oxygen atoms in total. The van der Waals surface area contributed by atoms with Crippen LogP contribution in [-0.4, -0.2) is 68.3 Å². The van der Waals surface area contributed by atoms with E-state index in [1.165, 1.54) is 0 Å². The molecule has 3 fully saturated rings. The van der Waals surface area contributed by atoms with Crippen molar-refractivity contribution in [1.82, 2.24) is 9.80 Å². The molecule has 0 N–H and O–H groups in total. The smallest absolute Gasteiger partial charge is 0.189 e. The number of hydrogen-bond acceptors (Lipinski definition) is 6. The second kappa shape index (κ2) is 10.4. The van der Waals surface area contributed by atoms with Gasteiger partial charge in [-0.25, -0.2) is 0 Å². The lowest BCUT2D eigenvalue weighted by Gasteiger charge is -2.52. The molecular formula is C39H38N2O4. The maximum absolute atomic E-state index is 15.7. The number of ketones is 2. The number of likely N-dealkylation sites (N-methyl/N-ethyl adjacent to an activating group) is 1. The molecule has 4 aromatic rings. The Morgan fingerprint density at radius 3 is 2.22 bits per heavy atom. The first-order valence-electron chi connectivity index (χ1n) is 16.0. The van der Waals surface area contributed by atoms with Crippen LogP contribution in [0.3, 0.4) is 0 Å². The molecule has 2 spiro atoms. The molecule has 8 rings (SSSR count). The summed E-state index contributed by atoms with van der Waals surface area (Å²) in [4.78, 5) is 35.9. The average molecular weight is 599 g/mol. The van der Waals surface area contributed by atoms with Gasteiger partial charge in [-0.2, -0.15) is 0 Å². The van der Waals surface area contributed by atoms with Crippen LogP contribution < -0.4 is 9.47 Å². The van der Waals surface area contributed by atoms with Gasteiger partial charge >= 0.3 is 0 Å². The summed E-state index contributed by atoms with van der Waals surface area (Å²) in [6.45, 7) is 1.79. The Kier molecular flexibility index (Phi) is 6.52. The highest BCUT2D eigenvalue weighted by Crippen LogP contribution is 2.69. The number of methoxy groups -OCH3 is 2. The van der Waals surface area contributed by atoms with E-state index in [0.717, 1.165) is 75.9 Å². The second-order valence-electron chi connectivity index (χ2n) is 13.2. The minimum atomic E-state index is -1.11. The van der Waals surface area contributed by atoms with E-state index in [4.69, 9.17) is 9.47 Å². The number of ether oxygens (including phenoxy) is 2. The lowest BCUT2D eigenvalue weighted by molar-refractivity contribution is -0.134. The van der Waals surface area contributed by atoms with Crippen molar-refractivity contribution in [2.45, 2.75) is 36.8 Å². The number of carbonyl (C=O) groups excluding carboxylic acids is 2. The molecule has 0 bridgehead atoms. The first-order chi connectivity index (χ1) is 21.9. The molecular weight excluding hydrogens is 560 g/mol. The van der Waals surface area contributed by atoms with Crippen LogP contribution >= 0.6 is 0 Å². The molecule has 1 unspecified atom stereocenters. The van der Waals surface area contributed by atoms with Gasteiger partial charge in [0.2, 0.25) is 0 Å². The largest absolute Gasteiger partial charge is 0.497 e. The zero-order valence-corrected chi connectivity index (χ0v) is 26.1. The van der Waals surface area contributed by atoms with Crippen molar-refractivity contribution in [3.05, 3.63) is 113 Å². The van der Waals surface area contributed by atoms with Gasteiger partial charge in [-0.05, 0) is 84.2 Å². The molecule has 0 amide bonds. The summed E-state index contributed by atoms with van der Waals surface area (Å²) in [5.41, 5.74) is 2.34. The fourth-order valence-corrected chi connectivity index (χ4v) is 9.46. The van der Waals surface area contributed by atoms with Crippen molar-refractivity contribution in [2.24, 2.45) is 5.41 Å². The molecule has 228 valence electrons. The van der Waals surface area contributed by atoms with Crippen LogP contribution in [0.5, 0.6) is 11.5 Å². The predicted octanol–water partition coefficient (Wildman–Crippen LogP) is 6.49. The number of piperidine rings is 2. The Balaban J connectivity index is 1.43. The van der Waals surface area contributed by atoms with Gasteiger partial charge in [0.25, 0.3) is 0 Å². The molecule has 3 heterocycles. The van der Waals surface area contributed by atoms with Gasteiger partial charge < -0.3 is 14.4 Å². The minimum absolute atomic E-state index is 0.0401. The van der Waals surface area contributed by atoms with E-state index in [1.807, 2.05) is 54.6 Å². The Morgan fingerprint density at radius 2 is 1.51 bits per heavy atom. The average Bonchev–Trinajstić information content (AvgIpc) is 3.48. The summed E-state index contributed by atoms with van der Waals surface area (Å²) in [7, 11) is 5.43. The van der Waals surface area contributed by atoms with Crippen LogP contribution in [0.2, 0.25) is 0 Å². The van der Waals surface area contributed by atoms with E-state index in [1.54, 1.807) is 14.2 Å². The quantitative estimate of drug-likeness (QED) is 0.251. The minimum Gasteiger partial charge on any atom is -0.497 e. The van der Waals surface area contributed by atoms with Gasteiger partial charge in [-0.15, -0.1) is 0 Å². The lowest BCUT2D eigenvalue weighted by atomic mass is 9.54. The topological polar surface area (TPSA) is 59.1 Å². The molecule has 1 aliphatic carbocycles. The van der Waals surface area contributed by atoms with E-state index < -0.39 is 11.0 Å². The number of Topliss-reactive ketones (excluding diaryl/α,β-unsaturated/α-hetero) is 2. The molecule has 4 aliphatic rings. The molecule has 0 saturated carbocycles. The van der Waals surface area contributed by atoms with Crippen LogP contribution in [-0.2, 0) is 10.3 Å². The van der Waals surface area contributed by atoms with Crippen molar-refractivity contribution in [1.29, 1.82) is 0 Å². The monoisotopic (exact) mass is 598 g/mol. The highest BCUT2D eigenvalue weighted by atomic mass is 16.5. The third-order valence-corrected chi connectivity index (χ3v) is 11.0. The predicted molar refractivity (Wildman–Crippen MR) is 176 cm³/mol. The Hall–Kier alpha value is -4.26. The summed E-state index contributed by atoms with van der Waals surface area (Å²) in [6.07, 6.45) is 5.04. The van der Waals surface area contributed by atoms with Crippen molar-refractivity contribution >= 4 is 28.4 Å². The first-order valence-corrected chi connectivity index (χ1v) is 16.0. The third kappa shape index (κ3) is 3.76. The Labute approximate surface area is 264 Å². The normalized spacial score (nSPS) is 28.8. The van der Waals surface area contributed by atoms with E-state index in [9.17, 15) is 0 Å². The van der Waals surface area contributed by atoms with Gasteiger partial charge in [0, 0.05) is 36.2 Å². The zero-order valence-electron chi connectivity index (χ0n) is 26.1. The lowest BCUT2D eigenvalue weighted by Crippen LogP contribution is -2.65. The van der Waals surface area contributed by atoms with Gasteiger partial charge in [-0.1, -0.05) is 67.1 Å². The summed E-state index contributed by atoms with van der Waals surface area (Å²) >= 11 is 0. The molecule has 4 atom stereocenters. The number of hydrogen-bond donors (Lipinski definition) is 0. The molecule has 45 heavy (non-hydrogen) atoms. The maximum Gasteiger partial charge on any atom is 0.189 e. The second-order valence-corrected chi connectivity index (χ2v) is 13.2. The van der Waals surface area contributed by atoms with Crippen LogP contribution in [0, 0.1) is 5.41 Å². The number of fused-ring (bicyclic) bond motifs is 4. The number of carbonyl (C=O) groups is 2. The van der Waals surface area contributed by atoms with Crippen LogP contribution in [0.4, 0.5) is 0 Å². The number of likely N-dealkylation sites (tertiary alicyclic amines) is 1. The molecule has 3 aliphatic heterocycles. The molecule has 0 aromatic heterocycles. The molecule has 6 heteroatoms. The van der Waals surface area contributed by atoms with Gasteiger partial charge in [0.15, 0.2) is 11.6 Å². The standard InChI is InChI=1S/C39H38N2O4/c1-40-23-28(22-25-13-17-29(44-2)18-14-25)36(42)38(24-40)35(27-15-19-30(45-3)20-16-27)33-12-4-5-21-41(33)39(38)32-11-7-9-26-8-6-10-31(34(26)32)37(39)43/h6-11,13-20,22,33,35H,4-5,12,21,23-24H2,1-3H3/b28-22+/t33-,35-,38?,39-/m0/s1. The Morgan fingerprint density at radius 1 is 0.822 bits per heavy atom. The van der Waals surface area contributed by atoms with Gasteiger partial charge in [0.1, 0.15) is 17.0 Å². The number of benzene rings is 4. The van der Waals surface area contributed by atoms with Gasteiger partial charge in [0.05, 0.1) is 19.6 Å². The molecule has 4 aromatic carbocycles. The van der Waals surface area contributed by atoms with Crippen molar-refractivity contribution in [3.8, 4) is 11.5 Å². The van der Waals surface area contributed by atoms with Crippen molar-refractivity contribution < 1.29 is 19.1 Å². The van der Waals surface area contributed by atoms with E-state index in [-0.39, 0.29) is 23.5 Å². The molecule has 0 radical (unpaired) electrons. The first kappa shape index (κ1) is 28.2. The summed E-state index contributed by atoms with van der Waals surface area (Å²) in [5, 5.41) is 2.06. The van der Waals surface area contributed by atoms with E-state index >= 15 is 9.59 Å². The van der Waals surface area contributed by atoms with Crippen LogP contribution in [0.1, 0.15) is 52.2 Å². The fraction of sp³-hybridized carbons (Fsp3) is 0.333. The zero-order chi connectivity index (χ0) is 30.9. The summed E-state index contributed by atoms with van der Waals surface area (Å²) < 4.78 is 10.9. The number of rotatable bonds is 4. The number of nitrogens with zero attached hydrogens (tertiary/aromatic N) is 2. The SMILES string of the molecule is COc1ccc(/C=C2\CN(C)CC3(C2=O)[C@@H](c2ccc(OC)cc2)[C@@H]2CCCCN2[C@@]32C(=O)c3cccc4cccc2c34)cc1. The van der Waals surface area contributed by atoms with Crippen molar-refractivity contribution in [3.63, 3.8) is 0 Å². The van der Waals surface area contributed by atoms with Gasteiger partial charge in [-0.3, -0.25) is 14.5 Å². The van der Waals surface area contributed by atoms with Crippen LogP contribution in [0.25, 0.3) is 16.8 Å².